The lowest BCUT2D eigenvalue weighted by Gasteiger charge is -2.37. The first-order chi connectivity index (χ1) is 12.0. The van der Waals surface area contributed by atoms with Crippen LogP contribution in [0.2, 0.25) is 0 Å². The number of likely N-dealkylation sites (N-methyl/N-ethyl adjacent to an activating group) is 1. The molecule has 0 saturated carbocycles. The lowest BCUT2D eigenvalue weighted by molar-refractivity contribution is -0.140. The fraction of sp³-hybridized carbons (Fsp3) is 0.556. The van der Waals surface area contributed by atoms with Crippen molar-refractivity contribution >= 4 is 11.9 Å². The molecule has 138 valence electrons. The van der Waals surface area contributed by atoms with E-state index in [1.54, 1.807) is 24.1 Å². The maximum atomic E-state index is 12.3. The minimum Gasteiger partial charge on any atom is -0.497 e. The van der Waals surface area contributed by atoms with Gasteiger partial charge in [0.25, 0.3) is 5.91 Å². The second-order valence-corrected chi connectivity index (χ2v) is 6.04. The van der Waals surface area contributed by atoms with Crippen LogP contribution >= 0.6 is 0 Å². The van der Waals surface area contributed by atoms with Crippen LogP contribution in [0.1, 0.15) is 19.8 Å². The van der Waals surface area contributed by atoms with E-state index < -0.39 is 5.97 Å². The van der Waals surface area contributed by atoms with Gasteiger partial charge in [-0.2, -0.15) is 0 Å². The Morgan fingerprint density at radius 1 is 1.28 bits per heavy atom. The van der Waals surface area contributed by atoms with Crippen LogP contribution in [-0.4, -0.2) is 72.7 Å². The van der Waals surface area contributed by atoms with Crippen LogP contribution in [0.5, 0.6) is 11.5 Å². The number of aliphatic carboxylic acids is 1. The highest BCUT2D eigenvalue weighted by molar-refractivity contribution is 5.77. The van der Waals surface area contributed by atoms with Crippen LogP contribution in [0.25, 0.3) is 0 Å². The molecule has 0 radical (unpaired) electrons. The average Bonchev–Trinajstić information content (AvgIpc) is 2.64. The number of hydrogen-bond acceptors (Lipinski definition) is 5. The van der Waals surface area contributed by atoms with Gasteiger partial charge in [-0.3, -0.25) is 14.5 Å². The minimum absolute atomic E-state index is 0.00947. The Bertz CT molecular complexity index is 585. The lowest BCUT2D eigenvalue weighted by Crippen LogP contribution is -2.49. The molecule has 7 heteroatoms. The topological polar surface area (TPSA) is 79.3 Å². The van der Waals surface area contributed by atoms with Crippen LogP contribution in [-0.2, 0) is 9.59 Å². The summed E-state index contributed by atoms with van der Waals surface area (Å²) >= 11 is 0. The zero-order valence-electron chi connectivity index (χ0n) is 14.8. The molecule has 0 unspecified atom stereocenters. The Hall–Kier alpha value is -2.28. The van der Waals surface area contributed by atoms with Gasteiger partial charge in [0.2, 0.25) is 0 Å². The van der Waals surface area contributed by atoms with Crippen molar-refractivity contribution in [3.8, 4) is 11.5 Å². The number of carbonyl (C=O) groups is 2. The van der Waals surface area contributed by atoms with E-state index >= 15 is 0 Å². The summed E-state index contributed by atoms with van der Waals surface area (Å²) in [5.41, 5.74) is 0. The molecule has 1 aliphatic rings. The van der Waals surface area contributed by atoms with E-state index in [1.165, 1.54) is 0 Å². The van der Waals surface area contributed by atoms with E-state index in [2.05, 4.69) is 0 Å². The Balaban J connectivity index is 1.79. The second-order valence-electron chi connectivity index (χ2n) is 6.04. The molecule has 25 heavy (non-hydrogen) atoms. The van der Waals surface area contributed by atoms with Crippen molar-refractivity contribution in [1.29, 1.82) is 0 Å². The van der Waals surface area contributed by atoms with Gasteiger partial charge in [0.1, 0.15) is 11.5 Å². The third kappa shape index (κ3) is 5.63. The molecule has 1 heterocycles. The highest BCUT2D eigenvalue weighted by atomic mass is 16.5. The van der Waals surface area contributed by atoms with Gasteiger partial charge < -0.3 is 19.5 Å². The predicted octanol–water partition coefficient (Wildman–Crippen LogP) is 1.47. The molecule has 1 aliphatic heterocycles. The molecule has 0 atom stereocenters. The molecule has 1 fully saturated rings. The summed E-state index contributed by atoms with van der Waals surface area (Å²) in [7, 11) is 1.58. The van der Waals surface area contributed by atoms with Gasteiger partial charge in [-0.25, -0.2) is 0 Å². The molecule has 1 saturated heterocycles. The molecule has 1 aromatic rings. The Morgan fingerprint density at radius 2 is 1.96 bits per heavy atom. The number of nitrogens with zero attached hydrogens (tertiary/aromatic N) is 2. The Labute approximate surface area is 148 Å². The van der Waals surface area contributed by atoms with Gasteiger partial charge in [-0.15, -0.1) is 0 Å². The van der Waals surface area contributed by atoms with Crippen molar-refractivity contribution in [1.82, 2.24) is 9.80 Å². The molecule has 1 aromatic carbocycles. The van der Waals surface area contributed by atoms with Crippen molar-refractivity contribution in [3.05, 3.63) is 24.3 Å². The molecule has 0 aromatic heterocycles. The van der Waals surface area contributed by atoms with E-state index in [0.717, 1.165) is 12.8 Å². The van der Waals surface area contributed by atoms with Gasteiger partial charge in [0, 0.05) is 25.2 Å². The number of hydrogen-bond donors (Lipinski definition) is 1. The number of benzene rings is 1. The summed E-state index contributed by atoms with van der Waals surface area (Å²) in [5.74, 6) is 0.416. The molecule has 1 N–H and O–H groups in total. The summed E-state index contributed by atoms with van der Waals surface area (Å²) in [6, 6.07) is 7.36. The number of carbonyl (C=O) groups excluding carboxylic acids is 1. The van der Waals surface area contributed by atoms with E-state index in [4.69, 9.17) is 14.6 Å². The first-order valence-electron chi connectivity index (χ1n) is 8.54. The SMILES string of the molecule is CCN(CC(=O)O)C1CCN(C(=O)COc2cccc(OC)c2)CC1. The van der Waals surface area contributed by atoms with Crippen molar-refractivity contribution in [3.63, 3.8) is 0 Å². The maximum Gasteiger partial charge on any atom is 0.317 e. The predicted molar refractivity (Wildman–Crippen MR) is 93.0 cm³/mol. The van der Waals surface area contributed by atoms with Gasteiger partial charge in [0.05, 0.1) is 13.7 Å². The van der Waals surface area contributed by atoms with Crippen LogP contribution in [0, 0.1) is 0 Å². The normalized spacial score (nSPS) is 15.2. The summed E-state index contributed by atoms with van der Waals surface area (Å²) in [4.78, 5) is 27.0. The quantitative estimate of drug-likeness (QED) is 0.765. The number of carboxylic acids is 1. The fourth-order valence-electron chi connectivity index (χ4n) is 3.08. The van der Waals surface area contributed by atoms with E-state index in [-0.39, 0.29) is 25.1 Å². The van der Waals surface area contributed by atoms with Crippen molar-refractivity contribution in [2.24, 2.45) is 0 Å². The van der Waals surface area contributed by atoms with Crippen LogP contribution in [0.3, 0.4) is 0 Å². The number of likely N-dealkylation sites (tertiary alicyclic amines) is 1. The van der Waals surface area contributed by atoms with Gasteiger partial charge >= 0.3 is 5.97 Å². The first-order valence-corrected chi connectivity index (χ1v) is 8.54. The molecule has 2 rings (SSSR count). The molecule has 0 bridgehead atoms. The Morgan fingerprint density at radius 3 is 2.56 bits per heavy atom. The van der Waals surface area contributed by atoms with Crippen molar-refractivity contribution < 1.29 is 24.2 Å². The zero-order chi connectivity index (χ0) is 18.2. The number of amides is 1. The van der Waals surface area contributed by atoms with E-state index in [9.17, 15) is 9.59 Å². The number of ether oxygens (including phenoxy) is 2. The van der Waals surface area contributed by atoms with Crippen LogP contribution < -0.4 is 9.47 Å². The number of rotatable bonds is 8. The molecule has 1 amide bonds. The highest BCUT2D eigenvalue weighted by Gasteiger charge is 2.27. The maximum absolute atomic E-state index is 12.3. The molecular weight excluding hydrogens is 324 g/mol. The van der Waals surface area contributed by atoms with E-state index in [0.29, 0.717) is 31.1 Å². The van der Waals surface area contributed by atoms with Gasteiger partial charge in [0.15, 0.2) is 6.61 Å². The standard InChI is InChI=1S/C18H26N2O5/c1-3-19(12-18(22)23)14-7-9-20(10-8-14)17(21)13-25-16-6-4-5-15(11-16)24-2/h4-6,11,14H,3,7-10,12-13H2,1-2H3,(H,22,23). The molecule has 0 spiro atoms. The third-order valence-corrected chi connectivity index (χ3v) is 4.48. The molecule has 7 nitrogen and oxygen atoms in total. The summed E-state index contributed by atoms with van der Waals surface area (Å²) < 4.78 is 10.7. The van der Waals surface area contributed by atoms with Crippen molar-refractivity contribution in [2.45, 2.75) is 25.8 Å². The first kappa shape index (κ1) is 19.1. The highest BCUT2D eigenvalue weighted by Crippen LogP contribution is 2.20. The summed E-state index contributed by atoms with van der Waals surface area (Å²) in [6.45, 7) is 3.95. The average molecular weight is 350 g/mol. The van der Waals surface area contributed by atoms with Gasteiger partial charge in [-0.1, -0.05) is 13.0 Å². The number of carboxylic acid groups (broad SMARTS) is 1. The minimum atomic E-state index is -0.813. The summed E-state index contributed by atoms with van der Waals surface area (Å²) in [6.07, 6.45) is 1.57. The molecule has 0 aliphatic carbocycles. The van der Waals surface area contributed by atoms with E-state index in [1.807, 2.05) is 24.0 Å². The molecular formula is C18H26N2O5. The largest absolute Gasteiger partial charge is 0.497 e. The monoisotopic (exact) mass is 350 g/mol. The zero-order valence-corrected chi connectivity index (χ0v) is 14.8. The van der Waals surface area contributed by atoms with Crippen LogP contribution in [0.4, 0.5) is 0 Å². The smallest absolute Gasteiger partial charge is 0.317 e. The number of methoxy groups -OCH3 is 1. The lowest BCUT2D eigenvalue weighted by atomic mass is 10.0. The Kier molecular flexibility index (Phi) is 7.06. The fourth-order valence-corrected chi connectivity index (χ4v) is 3.08. The second kappa shape index (κ2) is 9.27. The third-order valence-electron chi connectivity index (χ3n) is 4.48. The summed E-state index contributed by atoms with van der Waals surface area (Å²) in [5, 5.41) is 8.97. The number of piperidine rings is 1. The van der Waals surface area contributed by atoms with Gasteiger partial charge in [-0.05, 0) is 31.5 Å². The van der Waals surface area contributed by atoms with Crippen LogP contribution in [0.15, 0.2) is 24.3 Å². The van der Waals surface area contributed by atoms with Crippen molar-refractivity contribution in [2.75, 3.05) is 39.9 Å².